The SMILES string of the molecule is CCOC(CC)Nc1c([N+](=O)[O-])c(C)cc(C)c1[N+](=O)[O-]. The van der Waals surface area contributed by atoms with Crippen LogP contribution in [0.5, 0.6) is 0 Å². The van der Waals surface area contributed by atoms with Gasteiger partial charge in [0.15, 0.2) is 5.69 Å². The van der Waals surface area contributed by atoms with Crippen molar-refractivity contribution in [3.05, 3.63) is 37.4 Å². The smallest absolute Gasteiger partial charge is 0.302 e. The summed E-state index contributed by atoms with van der Waals surface area (Å²) in [5.41, 5.74) is 0.0765. The first-order valence-electron chi connectivity index (χ1n) is 6.64. The summed E-state index contributed by atoms with van der Waals surface area (Å²) in [6, 6.07) is 1.45. The maximum Gasteiger partial charge on any atom is 0.302 e. The zero-order valence-corrected chi connectivity index (χ0v) is 12.5. The van der Waals surface area contributed by atoms with Gasteiger partial charge in [0, 0.05) is 17.7 Å². The number of nitro groups is 2. The highest BCUT2D eigenvalue weighted by molar-refractivity contribution is 5.78. The van der Waals surface area contributed by atoms with Crippen molar-refractivity contribution in [2.45, 2.75) is 40.3 Å². The van der Waals surface area contributed by atoms with E-state index in [1.165, 1.54) is 6.07 Å². The van der Waals surface area contributed by atoms with E-state index in [0.717, 1.165) is 0 Å². The van der Waals surface area contributed by atoms with Crippen molar-refractivity contribution in [1.29, 1.82) is 0 Å². The number of ether oxygens (including phenoxy) is 1. The molecule has 0 spiro atoms. The molecule has 1 unspecified atom stereocenters. The lowest BCUT2D eigenvalue weighted by atomic mass is 10.1. The molecule has 0 aliphatic carbocycles. The molecule has 0 amide bonds. The molecule has 0 saturated heterocycles. The molecule has 0 bridgehead atoms. The van der Waals surface area contributed by atoms with Gasteiger partial charge in [-0.15, -0.1) is 0 Å². The molecular formula is C13H19N3O5. The number of nitrogens with one attached hydrogen (secondary N) is 1. The summed E-state index contributed by atoms with van der Waals surface area (Å²) in [6.07, 6.45) is 0.00314. The third-order valence-corrected chi connectivity index (χ3v) is 3.06. The molecule has 0 saturated carbocycles. The van der Waals surface area contributed by atoms with Crippen LogP contribution in [0.3, 0.4) is 0 Å². The lowest BCUT2D eigenvalue weighted by Crippen LogP contribution is -2.23. The number of hydrogen-bond donors (Lipinski definition) is 1. The van der Waals surface area contributed by atoms with E-state index in [-0.39, 0.29) is 17.1 Å². The zero-order chi connectivity index (χ0) is 16.2. The number of nitro benzene ring substituents is 2. The summed E-state index contributed by atoms with van der Waals surface area (Å²) in [6.45, 7) is 7.13. The van der Waals surface area contributed by atoms with Crippen molar-refractivity contribution >= 4 is 17.1 Å². The highest BCUT2D eigenvalue weighted by Crippen LogP contribution is 2.40. The van der Waals surface area contributed by atoms with E-state index in [1.807, 2.05) is 6.92 Å². The second kappa shape index (κ2) is 6.98. The van der Waals surface area contributed by atoms with Crippen LogP contribution in [-0.4, -0.2) is 22.7 Å². The summed E-state index contributed by atoms with van der Waals surface area (Å²) < 4.78 is 5.39. The number of nitrogens with zero attached hydrogens (tertiary/aromatic N) is 2. The fourth-order valence-corrected chi connectivity index (χ4v) is 2.20. The normalized spacial score (nSPS) is 12.0. The molecule has 8 nitrogen and oxygen atoms in total. The van der Waals surface area contributed by atoms with Gasteiger partial charge in [-0.05, 0) is 33.3 Å². The minimum Gasteiger partial charge on any atom is -0.359 e. The summed E-state index contributed by atoms with van der Waals surface area (Å²) in [7, 11) is 0. The molecule has 0 aliphatic heterocycles. The predicted molar refractivity (Wildman–Crippen MR) is 78.6 cm³/mol. The number of aryl methyl sites for hydroxylation is 2. The van der Waals surface area contributed by atoms with Crippen LogP contribution in [0, 0.1) is 34.1 Å². The first-order valence-corrected chi connectivity index (χ1v) is 6.64. The number of anilines is 1. The third-order valence-electron chi connectivity index (χ3n) is 3.06. The van der Waals surface area contributed by atoms with Gasteiger partial charge in [-0.25, -0.2) is 0 Å². The van der Waals surface area contributed by atoms with Crippen molar-refractivity contribution in [2.24, 2.45) is 0 Å². The highest BCUT2D eigenvalue weighted by atomic mass is 16.6. The zero-order valence-electron chi connectivity index (χ0n) is 12.5. The third kappa shape index (κ3) is 3.66. The maximum absolute atomic E-state index is 11.3. The maximum atomic E-state index is 11.3. The quantitative estimate of drug-likeness (QED) is 0.470. The van der Waals surface area contributed by atoms with Crippen molar-refractivity contribution < 1.29 is 14.6 Å². The Morgan fingerprint density at radius 3 is 1.95 bits per heavy atom. The number of benzene rings is 1. The van der Waals surface area contributed by atoms with Gasteiger partial charge >= 0.3 is 11.4 Å². The van der Waals surface area contributed by atoms with Gasteiger partial charge in [0.25, 0.3) is 0 Å². The molecule has 1 N–H and O–H groups in total. The van der Waals surface area contributed by atoms with Crippen LogP contribution in [0.25, 0.3) is 0 Å². The largest absolute Gasteiger partial charge is 0.359 e. The van der Waals surface area contributed by atoms with Crippen LogP contribution >= 0.6 is 0 Å². The Labute approximate surface area is 122 Å². The molecule has 1 aromatic carbocycles. The van der Waals surface area contributed by atoms with Crippen LogP contribution in [0.4, 0.5) is 17.1 Å². The Morgan fingerprint density at radius 2 is 1.62 bits per heavy atom. The standard InChI is InChI=1S/C13H19N3O5/c1-5-10(21-6-2)14-11-12(15(17)18)8(3)7-9(4)13(11)16(19)20/h7,10,14H,5-6H2,1-4H3. The summed E-state index contributed by atoms with van der Waals surface area (Å²) in [5.74, 6) is 0. The monoisotopic (exact) mass is 297 g/mol. The molecule has 1 rings (SSSR count). The molecular weight excluding hydrogens is 278 g/mol. The summed E-state index contributed by atoms with van der Waals surface area (Å²) in [5, 5.41) is 25.3. The Bertz CT molecular complexity index is 521. The first-order chi connectivity index (χ1) is 9.83. The van der Waals surface area contributed by atoms with Gasteiger partial charge in [-0.1, -0.05) is 6.92 Å². The summed E-state index contributed by atoms with van der Waals surface area (Å²) >= 11 is 0. The van der Waals surface area contributed by atoms with Gasteiger partial charge in [0.05, 0.1) is 9.85 Å². The van der Waals surface area contributed by atoms with E-state index >= 15 is 0 Å². The number of rotatable bonds is 7. The second-order valence-electron chi connectivity index (χ2n) is 4.59. The Morgan fingerprint density at radius 1 is 1.14 bits per heavy atom. The van der Waals surface area contributed by atoms with Gasteiger partial charge in [-0.2, -0.15) is 0 Å². The van der Waals surface area contributed by atoms with E-state index in [9.17, 15) is 20.2 Å². The van der Waals surface area contributed by atoms with Gasteiger partial charge in [-0.3, -0.25) is 20.2 Å². The van der Waals surface area contributed by atoms with E-state index in [2.05, 4.69) is 5.32 Å². The van der Waals surface area contributed by atoms with E-state index < -0.39 is 16.1 Å². The van der Waals surface area contributed by atoms with Crippen LogP contribution < -0.4 is 5.32 Å². The molecule has 1 atom stereocenters. The fourth-order valence-electron chi connectivity index (χ4n) is 2.20. The lowest BCUT2D eigenvalue weighted by Gasteiger charge is -2.19. The molecule has 0 aliphatic rings. The first kappa shape index (κ1) is 16.8. The Hall–Kier alpha value is -2.22. The van der Waals surface area contributed by atoms with Crippen LogP contribution in [0.1, 0.15) is 31.4 Å². The topological polar surface area (TPSA) is 108 Å². The van der Waals surface area contributed by atoms with Crippen LogP contribution in [-0.2, 0) is 4.74 Å². The van der Waals surface area contributed by atoms with E-state index in [1.54, 1.807) is 20.8 Å². The molecule has 21 heavy (non-hydrogen) atoms. The molecule has 0 radical (unpaired) electrons. The molecule has 1 aromatic rings. The van der Waals surface area contributed by atoms with Gasteiger partial charge in [0.2, 0.25) is 0 Å². The highest BCUT2D eigenvalue weighted by Gasteiger charge is 2.31. The molecule has 0 heterocycles. The van der Waals surface area contributed by atoms with Crippen molar-refractivity contribution in [3.63, 3.8) is 0 Å². The molecule has 8 heteroatoms. The minimum atomic E-state index is -0.608. The summed E-state index contributed by atoms with van der Waals surface area (Å²) in [4.78, 5) is 21.3. The van der Waals surface area contributed by atoms with Crippen LogP contribution in [0.2, 0.25) is 0 Å². The molecule has 116 valence electrons. The minimum absolute atomic E-state index is 0.0946. The van der Waals surface area contributed by atoms with Crippen molar-refractivity contribution in [2.75, 3.05) is 11.9 Å². The van der Waals surface area contributed by atoms with Gasteiger partial charge < -0.3 is 10.1 Å². The molecule has 0 fully saturated rings. The Balaban J connectivity index is 3.49. The Kier molecular flexibility index (Phi) is 5.60. The van der Waals surface area contributed by atoms with E-state index in [0.29, 0.717) is 24.2 Å². The predicted octanol–water partition coefficient (Wildman–Crippen LogP) is 3.30. The van der Waals surface area contributed by atoms with E-state index in [4.69, 9.17) is 4.74 Å². The molecule has 0 aromatic heterocycles. The second-order valence-corrected chi connectivity index (χ2v) is 4.59. The number of hydrogen-bond acceptors (Lipinski definition) is 6. The van der Waals surface area contributed by atoms with Crippen LogP contribution in [0.15, 0.2) is 6.07 Å². The van der Waals surface area contributed by atoms with Crippen molar-refractivity contribution in [3.8, 4) is 0 Å². The lowest BCUT2D eigenvalue weighted by molar-refractivity contribution is -0.393. The fraction of sp³-hybridized carbons (Fsp3) is 0.538. The average Bonchev–Trinajstić information content (AvgIpc) is 2.36. The van der Waals surface area contributed by atoms with Crippen molar-refractivity contribution in [1.82, 2.24) is 0 Å². The van der Waals surface area contributed by atoms with Gasteiger partial charge in [0.1, 0.15) is 6.23 Å². The average molecular weight is 297 g/mol.